The molecule has 0 radical (unpaired) electrons. The molecule has 1 heterocycles. The molecule has 3 nitrogen and oxygen atoms in total. The molecule has 1 atom stereocenters. The van der Waals surface area contributed by atoms with Crippen LogP contribution in [-0.4, -0.2) is 11.0 Å². The predicted molar refractivity (Wildman–Crippen MR) is 35.5 cm³/mol. The van der Waals surface area contributed by atoms with Gasteiger partial charge in [0.05, 0.1) is 5.97 Å². The standard InChI is InChI=1S/C6H7NO2S.K/c1-4(6(8)9)5-7-2-3-10-5;/h2-4H,1H3,(H,8,9);/q;+1/p-1. The molecule has 1 aromatic heterocycles. The summed E-state index contributed by atoms with van der Waals surface area (Å²) in [5, 5.41) is 12.6. The molecule has 11 heavy (non-hydrogen) atoms. The van der Waals surface area contributed by atoms with E-state index in [1.807, 2.05) is 0 Å². The van der Waals surface area contributed by atoms with Gasteiger partial charge >= 0.3 is 51.4 Å². The summed E-state index contributed by atoms with van der Waals surface area (Å²) >= 11 is 1.33. The van der Waals surface area contributed by atoms with Crippen LogP contribution in [0.2, 0.25) is 0 Å². The summed E-state index contributed by atoms with van der Waals surface area (Å²) in [7, 11) is 0. The van der Waals surface area contributed by atoms with Crippen LogP contribution in [0.3, 0.4) is 0 Å². The summed E-state index contributed by atoms with van der Waals surface area (Å²) in [6.45, 7) is 1.56. The zero-order valence-electron chi connectivity index (χ0n) is 6.40. The van der Waals surface area contributed by atoms with Gasteiger partial charge in [-0.25, -0.2) is 4.98 Å². The van der Waals surface area contributed by atoms with Crippen LogP contribution < -0.4 is 56.5 Å². The smallest absolute Gasteiger partial charge is 0.549 e. The maximum Gasteiger partial charge on any atom is 1.00 e. The second-order valence-electron chi connectivity index (χ2n) is 1.91. The Kier molecular flexibility index (Phi) is 5.76. The third-order valence-corrected chi connectivity index (χ3v) is 2.13. The molecule has 0 N–H and O–H groups in total. The monoisotopic (exact) mass is 195 g/mol. The van der Waals surface area contributed by atoms with Gasteiger partial charge in [0, 0.05) is 17.5 Å². The normalized spacial score (nSPS) is 11.7. The van der Waals surface area contributed by atoms with E-state index in [2.05, 4.69) is 4.98 Å². The molecular formula is C6H6KNO2S. The van der Waals surface area contributed by atoms with Gasteiger partial charge < -0.3 is 9.90 Å². The van der Waals surface area contributed by atoms with Gasteiger partial charge in [0.25, 0.3) is 0 Å². The number of carbonyl (C=O) groups excluding carboxylic acids is 1. The van der Waals surface area contributed by atoms with Crippen LogP contribution in [-0.2, 0) is 4.79 Å². The van der Waals surface area contributed by atoms with Gasteiger partial charge in [-0.3, -0.25) is 0 Å². The summed E-state index contributed by atoms with van der Waals surface area (Å²) in [5.41, 5.74) is 0. The van der Waals surface area contributed by atoms with Crippen molar-refractivity contribution in [2.45, 2.75) is 12.8 Å². The number of hydrogen-bond acceptors (Lipinski definition) is 4. The van der Waals surface area contributed by atoms with Crippen LogP contribution in [0.25, 0.3) is 0 Å². The zero-order valence-corrected chi connectivity index (χ0v) is 10.3. The van der Waals surface area contributed by atoms with Crippen molar-refractivity contribution in [1.29, 1.82) is 0 Å². The van der Waals surface area contributed by atoms with Crippen LogP contribution in [0, 0.1) is 0 Å². The Balaban J connectivity index is 0.000001000. The van der Waals surface area contributed by atoms with Gasteiger partial charge in [0.2, 0.25) is 0 Å². The molecule has 0 aliphatic rings. The van der Waals surface area contributed by atoms with E-state index in [9.17, 15) is 9.90 Å². The van der Waals surface area contributed by atoms with Gasteiger partial charge in [-0.15, -0.1) is 11.3 Å². The van der Waals surface area contributed by atoms with E-state index >= 15 is 0 Å². The Labute approximate surface area is 111 Å². The summed E-state index contributed by atoms with van der Waals surface area (Å²) in [6.07, 6.45) is 1.58. The van der Waals surface area contributed by atoms with E-state index in [4.69, 9.17) is 0 Å². The average Bonchev–Trinajstić information content (AvgIpc) is 2.36. The van der Waals surface area contributed by atoms with E-state index in [-0.39, 0.29) is 51.4 Å². The van der Waals surface area contributed by atoms with Crippen molar-refractivity contribution in [3.63, 3.8) is 0 Å². The Morgan fingerprint density at radius 2 is 2.45 bits per heavy atom. The third kappa shape index (κ3) is 3.31. The van der Waals surface area contributed by atoms with Crippen molar-refractivity contribution in [3.05, 3.63) is 16.6 Å². The van der Waals surface area contributed by atoms with Crippen molar-refractivity contribution in [1.82, 2.24) is 4.98 Å². The van der Waals surface area contributed by atoms with E-state index < -0.39 is 11.9 Å². The molecule has 0 bridgehead atoms. The largest absolute Gasteiger partial charge is 1.00 e. The number of carboxylic acid groups (broad SMARTS) is 1. The van der Waals surface area contributed by atoms with Gasteiger partial charge in [0.15, 0.2) is 0 Å². The van der Waals surface area contributed by atoms with Crippen molar-refractivity contribution in [2.75, 3.05) is 0 Å². The van der Waals surface area contributed by atoms with Crippen LogP contribution >= 0.6 is 11.3 Å². The molecule has 0 saturated heterocycles. The summed E-state index contributed by atoms with van der Waals surface area (Å²) in [6, 6.07) is 0. The number of thiazole rings is 1. The van der Waals surface area contributed by atoms with Crippen molar-refractivity contribution in [2.24, 2.45) is 0 Å². The number of rotatable bonds is 2. The minimum Gasteiger partial charge on any atom is -0.549 e. The molecule has 0 aromatic carbocycles. The quantitative estimate of drug-likeness (QED) is 0.473. The fourth-order valence-corrected chi connectivity index (χ4v) is 1.23. The summed E-state index contributed by atoms with van der Waals surface area (Å²) in [4.78, 5) is 14.1. The van der Waals surface area contributed by atoms with Gasteiger partial charge in [-0.2, -0.15) is 0 Å². The van der Waals surface area contributed by atoms with Crippen LogP contribution in [0.5, 0.6) is 0 Å². The molecule has 54 valence electrons. The molecule has 0 saturated carbocycles. The molecule has 1 unspecified atom stereocenters. The molecule has 1 aromatic rings. The SMILES string of the molecule is CC(C(=O)[O-])c1nccs1.[K+]. The summed E-state index contributed by atoms with van der Waals surface area (Å²) < 4.78 is 0. The second kappa shape index (κ2) is 5.39. The van der Waals surface area contributed by atoms with Gasteiger partial charge in [-0.05, 0) is 0 Å². The molecule has 1 rings (SSSR count). The number of aliphatic carboxylic acids is 1. The number of nitrogens with zero attached hydrogens (tertiary/aromatic N) is 1. The first-order valence-electron chi connectivity index (χ1n) is 2.82. The molecule has 0 spiro atoms. The number of carboxylic acids is 1. The molecule has 0 fully saturated rings. The van der Waals surface area contributed by atoms with Crippen LogP contribution in [0.1, 0.15) is 17.8 Å². The first-order chi connectivity index (χ1) is 4.72. The number of carbonyl (C=O) groups is 1. The minimum atomic E-state index is -1.07. The Hall–Kier alpha value is 0.736. The molecule has 0 amide bonds. The van der Waals surface area contributed by atoms with Crippen molar-refractivity contribution >= 4 is 17.3 Å². The van der Waals surface area contributed by atoms with E-state index in [0.717, 1.165) is 0 Å². The maximum absolute atomic E-state index is 10.3. The molecule has 0 aliphatic carbocycles. The summed E-state index contributed by atoms with van der Waals surface area (Å²) in [5.74, 6) is -1.66. The van der Waals surface area contributed by atoms with Gasteiger partial charge in [0.1, 0.15) is 5.01 Å². The molecule has 5 heteroatoms. The first-order valence-corrected chi connectivity index (χ1v) is 3.70. The minimum absolute atomic E-state index is 0. The Morgan fingerprint density at radius 1 is 1.82 bits per heavy atom. The number of hydrogen-bond donors (Lipinski definition) is 0. The van der Waals surface area contributed by atoms with Crippen LogP contribution in [0.15, 0.2) is 11.6 Å². The topological polar surface area (TPSA) is 53.0 Å². The Bertz CT molecular complexity index is 224. The fourth-order valence-electron chi connectivity index (χ4n) is 0.549. The predicted octanol–water partition coefficient (Wildman–Crippen LogP) is -3.00. The second-order valence-corrected chi connectivity index (χ2v) is 2.84. The Morgan fingerprint density at radius 3 is 2.82 bits per heavy atom. The zero-order chi connectivity index (χ0) is 7.56. The van der Waals surface area contributed by atoms with Crippen molar-refractivity contribution < 1.29 is 61.3 Å². The maximum atomic E-state index is 10.3. The third-order valence-electron chi connectivity index (χ3n) is 1.18. The fraction of sp³-hybridized carbons (Fsp3) is 0.333. The van der Waals surface area contributed by atoms with Crippen LogP contribution in [0.4, 0.5) is 0 Å². The van der Waals surface area contributed by atoms with Crippen molar-refractivity contribution in [3.8, 4) is 0 Å². The molecule has 0 aliphatic heterocycles. The number of aromatic nitrogens is 1. The van der Waals surface area contributed by atoms with E-state index in [1.54, 1.807) is 18.5 Å². The first kappa shape index (κ1) is 11.7. The molecular weight excluding hydrogens is 189 g/mol. The average molecular weight is 195 g/mol. The van der Waals surface area contributed by atoms with E-state index in [1.165, 1.54) is 11.3 Å². The van der Waals surface area contributed by atoms with E-state index in [0.29, 0.717) is 5.01 Å². The van der Waals surface area contributed by atoms with Gasteiger partial charge in [-0.1, -0.05) is 6.92 Å².